The molecule has 13 heteroatoms. The van der Waals surface area contributed by atoms with Crippen LogP contribution in [0, 0.1) is 24.6 Å². The summed E-state index contributed by atoms with van der Waals surface area (Å²) in [5.41, 5.74) is 0.936. The van der Waals surface area contributed by atoms with Gasteiger partial charge in [0.25, 0.3) is 12.3 Å². The van der Waals surface area contributed by atoms with Crippen LogP contribution in [0.25, 0.3) is 11.3 Å². The molecule has 2 aliphatic rings. The molecule has 6 rings (SSSR count). The van der Waals surface area contributed by atoms with E-state index in [0.29, 0.717) is 24.5 Å². The van der Waals surface area contributed by atoms with Crippen LogP contribution in [0.5, 0.6) is 0 Å². The minimum absolute atomic E-state index is 0.0339. The highest BCUT2D eigenvalue weighted by Crippen LogP contribution is 2.38. The van der Waals surface area contributed by atoms with Gasteiger partial charge in [0.15, 0.2) is 5.82 Å². The molecule has 1 saturated heterocycles. The molecule has 1 aliphatic heterocycles. The second-order valence-electron chi connectivity index (χ2n) is 9.73. The fourth-order valence-electron chi connectivity index (χ4n) is 4.98. The Morgan fingerprint density at radius 2 is 1.98 bits per heavy atom. The lowest BCUT2D eigenvalue weighted by molar-refractivity contribution is -0.119. The zero-order valence-corrected chi connectivity index (χ0v) is 22.2. The number of benzene rings is 1. The number of halogens is 4. The van der Waals surface area contributed by atoms with Gasteiger partial charge in [-0.15, -0.1) is 0 Å². The molecule has 1 fully saturated rings. The van der Waals surface area contributed by atoms with E-state index in [2.05, 4.69) is 31.4 Å². The average molecular weight is 580 g/mol. The Morgan fingerprint density at radius 3 is 2.66 bits per heavy atom. The van der Waals surface area contributed by atoms with E-state index in [4.69, 9.17) is 11.6 Å². The predicted molar refractivity (Wildman–Crippen MR) is 144 cm³/mol. The van der Waals surface area contributed by atoms with Crippen LogP contribution in [-0.2, 0) is 11.3 Å². The maximum Gasteiger partial charge on any atom is 0.275 e. The van der Waals surface area contributed by atoms with E-state index in [1.807, 2.05) is 25.1 Å². The molecule has 4 aromatic rings. The number of fused-ring (bicyclic) bond motifs is 1. The topological polar surface area (TPSA) is 106 Å². The SMILES string of the molecule is Cc1nc(Cn2cc(NC(=O)c3cncc(-c4c(C(F)F)ccc(Cl)c4F)n3)cn2)ccc1N1C[C@H]2C=C[C@H]2C1=O. The van der Waals surface area contributed by atoms with Crippen LogP contribution in [0.4, 0.5) is 24.5 Å². The molecule has 208 valence electrons. The summed E-state index contributed by atoms with van der Waals surface area (Å²) in [5, 5.41) is 6.51. The molecular weight excluding hydrogens is 559 g/mol. The van der Waals surface area contributed by atoms with Crippen molar-refractivity contribution in [2.24, 2.45) is 11.8 Å². The van der Waals surface area contributed by atoms with Crippen molar-refractivity contribution in [3.05, 3.63) is 94.7 Å². The Balaban J connectivity index is 1.15. The zero-order chi connectivity index (χ0) is 28.8. The molecular formula is C28H21ClF3N7O2. The summed E-state index contributed by atoms with van der Waals surface area (Å²) >= 11 is 5.80. The average Bonchev–Trinajstić information content (AvgIpc) is 3.45. The largest absolute Gasteiger partial charge is 0.318 e. The first-order valence-electron chi connectivity index (χ1n) is 12.6. The molecule has 0 saturated carbocycles. The Labute approximate surface area is 236 Å². The first kappa shape index (κ1) is 26.6. The van der Waals surface area contributed by atoms with Crippen molar-refractivity contribution in [1.82, 2.24) is 24.7 Å². The third-order valence-corrected chi connectivity index (χ3v) is 7.37. The van der Waals surface area contributed by atoms with Gasteiger partial charge >= 0.3 is 0 Å². The first-order chi connectivity index (χ1) is 19.7. The number of anilines is 2. The summed E-state index contributed by atoms with van der Waals surface area (Å²) in [5.74, 6) is -1.46. The fourth-order valence-corrected chi connectivity index (χ4v) is 5.13. The number of rotatable bonds is 7. The quantitative estimate of drug-likeness (QED) is 0.301. The molecule has 0 spiro atoms. The highest BCUT2D eigenvalue weighted by atomic mass is 35.5. The summed E-state index contributed by atoms with van der Waals surface area (Å²) in [6.45, 7) is 2.81. The Bertz CT molecular complexity index is 1720. The van der Waals surface area contributed by atoms with Crippen molar-refractivity contribution >= 4 is 34.8 Å². The smallest absolute Gasteiger partial charge is 0.275 e. The van der Waals surface area contributed by atoms with E-state index in [9.17, 15) is 22.8 Å². The van der Waals surface area contributed by atoms with E-state index in [0.717, 1.165) is 35.9 Å². The first-order valence-corrected chi connectivity index (χ1v) is 13.0. The molecule has 2 amide bonds. The fraction of sp³-hybridized carbons (Fsp3) is 0.214. The van der Waals surface area contributed by atoms with Crippen LogP contribution >= 0.6 is 11.6 Å². The van der Waals surface area contributed by atoms with Crippen LogP contribution in [-0.4, -0.2) is 43.1 Å². The van der Waals surface area contributed by atoms with Gasteiger partial charge in [0.05, 0.1) is 64.5 Å². The van der Waals surface area contributed by atoms with Crippen LogP contribution in [0.3, 0.4) is 0 Å². The number of amides is 2. The number of hydrogen-bond donors (Lipinski definition) is 1. The van der Waals surface area contributed by atoms with Crippen LogP contribution in [0.15, 0.2) is 61.2 Å². The van der Waals surface area contributed by atoms with Gasteiger partial charge < -0.3 is 10.2 Å². The third kappa shape index (κ3) is 4.95. The number of nitrogens with zero attached hydrogens (tertiary/aromatic N) is 6. The second-order valence-corrected chi connectivity index (χ2v) is 10.1. The maximum atomic E-state index is 14.7. The summed E-state index contributed by atoms with van der Waals surface area (Å²) in [6, 6.07) is 5.74. The Hall–Kier alpha value is -4.58. The van der Waals surface area contributed by atoms with Crippen molar-refractivity contribution in [3.8, 4) is 11.3 Å². The highest BCUT2D eigenvalue weighted by Gasteiger charge is 2.43. The molecule has 0 bridgehead atoms. The molecule has 3 aromatic heterocycles. The molecule has 41 heavy (non-hydrogen) atoms. The number of carbonyl (C=O) groups is 2. The van der Waals surface area contributed by atoms with Gasteiger partial charge in [-0.3, -0.25) is 24.2 Å². The van der Waals surface area contributed by atoms with Crippen molar-refractivity contribution in [3.63, 3.8) is 0 Å². The number of nitrogens with one attached hydrogen (secondary N) is 1. The molecule has 1 N–H and O–H groups in total. The number of pyridine rings is 1. The summed E-state index contributed by atoms with van der Waals surface area (Å²) < 4.78 is 43.3. The van der Waals surface area contributed by atoms with E-state index < -0.39 is 29.3 Å². The lowest BCUT2D eigenvalue weighted by Gasteiger charge is -2.18. The monoisotopic (exact) mass is 579 g/mol. The van der Waals surface area contributed by atoms with Crippen molar-refractivity contribution in [2.75, 3.05) is 16.8 Å². The molecule has 9 nitrogen and oxygen atoms in total. The van der Waals surface area contributed by atoms with Gasteiger partial charge in [0.2, 0.25) is 5.91 Å². The molecule has 2 atom stereocenters. The summed E-state index contributed by atoms with van der Waals surface area (Å²) in [6.07, 6.45) is 6.22. The highest BCUT2D eigenvalue weighted by molar-refractivity contribution is 6.31. The minimum Gasteiger partial charge on any atom is -0.318 e. The van der Waals surface area contributed by atoms with Crippen LogP contribution < -0.4 is 10.2 Å². The van der Waals surface area contributed by atoms with Crippen LogP contribution in [0.2, 0.25) is 5.02 Å². The van der Waals surface area contributed by atoms with E-state index in [-0.39, 0.29) is 34.2 Å². The van der Waals surface area contributed by atoms with Crippen molar-refractivity contribution < 1.29 is 22.8 Å². The summed E-state index contributed by atoms with van der Waals surface area (Å²) in [7, 11) is 0. The number of alkyl halides is 2. The molecule has 1 aliphatic carbocycles. The number of aryl methyl sites for hydroxylation is 1. The predicted octanol–water partition coefficient (Wildman–Crippen LogP) is 5.22. The third-order valence-electron chi connectivity index (χ3n) is 7.08. The second kappa shape index (κ2) is 10.4. The zero-order valence-electron chi connectivity index (χ0n) is 21.4. The van der Waals surface area contributed by atoms with Gasteiger partial charge in [-0.1, -0.05) is 29.8 Å². The molecule has 0 unspecified atom stereocenters. The lowest BCUT2D eigenvalue weighted by Crippen LogP contribution is -2.27. The van der Waals surface area contributed by atoms with Gasteiger partial charge in [-0.05, 0) is 25.1 Å². The van der Waals surface area contributed by atoms with E-state index in [1.165, 1.54) is 6.20 Å². The van der Waals surface area contributed by atoms with Gasteiger partial charge in [-0.2, -0.15) is 5.10 Å². The minimum atomic E-state index is -2.99. The van der Waals surface area contributed by atoms with Crippen molar-refractivity contribution in [1.29, 1.82) is 0 Å². The van der Waals surface area contributed by atoms with E-state index >= 15 is 0 Å². The number of aromatic nitrogens is 5. The summed E-state index contributed by atoms with van der Waals surface area (Å²) in [4.78, 5) is 39.8. The van der Waals surface area contributed by atoms with Gasteiger partial charge in [-0.25, -0.2) is 18.2 Å². The maximum absolute atomic E-state index is 14.7. The standard InChI is InChI=1S/C28H21ClF3N7O2/c1-14-23(39-11-15-2-4-18(15)28(39)41)7-3-16(35-14)12-38-13-17(8-34-38)36-27(40)22-10-33-9-21(37-22)24-19(26(31)32)5-6-20(29)25(24)30/h2-10,13,15,18,26H,11-12H2,1H3,(H,36,40)/t15-,18-/m1/s1. The lowest BCUT2D eigenvalue weighted by atomic mass is 9.85. The van der Waals surface area contributed by atoms with Crippen molar-refractivity contribution in [2.45, 2.75) is 19.9 Å². The number of hydrogen-bond acceptors (Lipinski definition) is 6. The Kier molecular flexibility index (Phi) is 6.78. The molecule has 0 radical (unpaired) electrons. The van der Waals surface area contributed by atoms with E-state index in [1.54, 1.807) is 15.8 Å². The normalized spacial score (nSPS) is 17.6. The van der Waals surface area contributed by atoms with Gasteiger partial charge in [0, 0.05) is 29.8 Å². The molecule has 1 aromatic carbocycles. The Morgan fingerprint density at radius 1 is 1.15 bits per heavy atom. The number of carbonyl (C=O) groups excluding carboxylic acids is 2. The van der Waals surface area contributed by atoms with Crippen LogP contribution in [0.1, 0.15) is 33.9 Å². The molecule has 4 heterocycles. The van der Waals surface area contributed by atoms with Gasteiger partial charge in [0.1, 0.15) is 5.69 Å².